The summed E-state index contributed by atoms with van der Waals surface area (Å²) in [6.45, 7) is 0.112. The van der Waals surface area contributed by atoms with Crippen molar-refractivity contribution in [3.05, 3.63) is 23.9 Å². The molecule has 3 rings (SSSR count). The molecular weight excluding hydrogens is 361 g/mol. The maximum atomic E-state index is 12.8. The number of halogens is 5. The molecule has 2 fully saturated rings. The Labute approximate surface area is 146 Å². The van der Waals surface area contributed by atoms with Gasteiger partial charge in [0, 0.05) is 37.7 Å². The number of hydrogen-bond acceptors (Lipinski definition) is 3. The number of ether oxygens (including phenoxy) is 1. The fourth-order valence-electron chi connectivity index (χ4n) is 2.91. The molecule has 1 aromatic heterocycles. The minimum absolute atomic E-state index is 0.112. The molecule has 0 unspecified atom stereocenters. The van der Waals surface area contributed by atoms with Gasteiger partial charge in [-0.05, 0) is 24.5 Å². The Morgan fingerprint density at radius 2 is 2.00 bits per heavy atom. The topological polar surface area (TPSA) is 63.2 Å². The zero-order valence-corrected chi connectivity index (χ0v) is 13.7. The quantitative estimate of drug-likeness (QED) is 0.771. The number of carbonyl (C=O) groups is 1. The van der Waals surface area contributed by atoms with Crippen molar-refractivity contribution in [3.8, 4) is 5.88 Å². The van der Waals surface area contributed by atoms with Crippen molar-refractivity contribution in [2.24, 2.45) is 5.92 Å². The molecule has 144 valence electrons. The van der Waals surface area contributed by atoms with Crippen LogP contribution in [0.5, 0.6) is 5.88 Å². The first-order valence-electron chi connectivity index (χ1n) is 8.21. The second kappa shape index (κ2) is 6.88. The molecule has 26 heavy (non-hydrogen) atoms. The molecule has 2 N–H and O–H groups in total. The summed E-state index contributed by atoms with van der Waals surface area (Å²) in [5.41, 5.74) is 0.637. The zero-order valence-electron chi connectivity index (χ0n) is 13.7. The predicted octanol–water partition coefficient (Wildman–Crippen LogP) is 3.40. The number of amides is 2. The molecule has 0 radical (unpaired) electrons. The van der Waals surface area contributed by atoms with Gasteiger partial charge in [-0.25, -0.2) is 18.6 Å². The van der Waals surface area contributed by atoms with Gasteiger partial charge in [0.2, 0.25) is 5.88 Å². The molecule has 0 aromatic carbocycles. The molecule has 2 aliphatic carbocycles. The first-order valence-corrected chi connectivity index (χ1v) is 8.21. The highest BCUT2D eigenvalue weighted by Gasteiger charge is 2.48. The van der Waals surface area contributed by atoms with E-state index >= 15 is 0 Å². The van der Waals surface area contributed by atoms with E-state index in [-0.39, 0.29) is 38.1 Å². The van der Waals surface area contributed by atoms with Gasteiger partial charge in [-0.2, -0.15) is 13.2 Å². The highest BCUT2D eigenvalue weighted by atomic mass is 19.4. The fourth-order valence-corrected chi connectivity index (χ4v) is 2.91. The molecule has 2 aliphatic rings. The van der Waals surface area contributed by atoms with Crippen LogP contribution in [0.2, 0.25) is 0 Å². The van der Waals surface area contributed by atoms with Gasteiger partial charge in [-0.1, -0.05) is 0 Å². The lowest BCUT2D eigenvalue weighted by atomic mass is 9.80. The fraction of sp³-hybridized carbons (Fsp3) is 0.625. The van der Waals surface area contributed by atoms with Crippen molar-refractivity contribution < 1.29 is 31.5 Å². The monoisotopic (exact) mass is 379 g/mol. The summed E-state index contributed by atoms with van der Waals surface area (Å²) >= 11 is 0. The SMILES string of the molecule is O=C(NCc1ccnc(OC2CC(F)(F)C2)c1)NC1CC(C(F)(F)F)C1. The number of rotatable bonds is 5. The van der Waals surface area contributed by atoms with Crippen LogP contribution in [0.3, 0.4) is 0 Å². The molecule has 1 heterocycles. The van der Waals surface area contributed by atoms with Gasteiger partial charge in [0.15, 0.2) is 0 Å². The molecule has 0 aliphatic heterocycles. The average molecular weight is 379 g/mol. The van der Waals surface area contributed by atoms with Crippen LogP contribution >= 0.6 is 0 Å². The van der Waals surface area contributed by atoms with Crippen molar-refractivity contribution in [2.45, 2.75) is 56.5 Å². The number of nitrogens with one attached hydrogen (secondary N) is 2. The third-order valence-corrected chi connectivity index (χ3v) is 4.53. The maximum Gasteiger partial charge on any atom is 0.391 e. The van der Waals surface area contributed by atoms with Crippen molar-refractivity contribution in [1.29, 1.82) is 0 Å². The summed E-state index contributed by atoms with van der Waals surface area (Å²) in [5, 5.41) is 5.02. The summed E-state index contributed by atoms with van der Waals surface area (Å²) in [4.78, 5) is 15.7. The van der Waals surface area contributed by atoms with E-state index in [1.165, 1.54) is 12.3 Å². The Balaban J connectivity index is 1.39. The van der Waals surface area contributed by atoms with Gasteiger partial charge in [0.1, 0.15) is 6.10 Å². The molecule has 10 heteroatoms. The molecule has 0 atom stereocenters. The van der Waals surface area contributed by atoms with Crippen LogP contribution in [0.4, 0.5) is 26.7 Å². The Kier molecular flexibility index (Phi) is 4.94. The lowest BCUT2D eigenvalue weighted by Crippen LogP contribution is -2.51. The summed E-state index contributed by atoms with van der Waals surface area (Å²) < 4.78 is 68.1. The number of hydrogen-bond donors (Lipinski definition) is 2. The summed E-state index contributed by atoms with van der Waals surface area (Å²) in [5.74, 6) is -3.85. The van der Waals surface area contributed by atoms with Gasteiger partial charge < -0.3 is 15.4 Å². The van der Waals surface area contributed by atoms with E-state index in [1.54, 1.807) is 6.07 Å². The standard InChI is InChI=1S/C16H18F5N3O2/c17-15(18)6-12(7-15)26-13-3-9(1-2-22-13)8-23-14(25)24-11-4-10(5-11)16(19,20)21/h1-3,10-12H,4-8H2,(H2,23,24,25). The van der Waals surface area contributed by atoms with E-state index in [1.807, 2.05) is 0 Å². The van der Waals surface area contributed by atoms with Crippen molar-refractivity contribution >= 4 is 6.03 Å². The number of aromatic nitrogens is 1. The largest absolute Gasteiger partial charge is 0.474 e. The van der Waals surface area contributed by atoms with E-state index in [9.17, 15) is 26.7 Å². The molecule has 0 spiro atoms. The lowest BCUT2D eigenvalue weighted by molar-refractivity contribution is -0.198. The lowest BCUT2D eigenvalue weighted by Gasteiger charge is -2.36. The first-order chi connectivity index (χ1) is 12.1. The molecule has 1 aromatic rings. The molecule has 0 bridgehead atoms. The van der Waals surface area contributed by atoms with E-state index in [0.717, 1.165) is 0 Å². The molecule has 0 saturated heterocycles. The van der Waals surface area contributed by atoms with Gasteiger partial charge in [-0.3, -0.25) is 0 Å². The van der Waals surface area contributed by atoms with Crippen LogP contribution in [0.1, 0.15) is 31.2 Å². The molecule has 2 saturated carbocycles. The second-order valence-electron chi connectivity index (χ2n) is 6.74. The van der Waals surface area contributed by atoms with Crippen LogP contribution in [0.15, 0.2) is 18.3 Å². The number of pyridine rings is 1. The van der Waals surface area contributed by atoms with E-state index in [0.29, 0.717) is 5.56 Å². The second-order valence-corrected chi connectivity index (χ2v) is 6.74. The molecule has 2 amide bonds. The minimum Gasteiger partial charge on any atom is -0.474 e. The smallest absolute Gasteiger partial charge is 0.391 e. The highest BCUT2D eigenvalue weighted by molar-refractivity contribution is 5.74. The third kappa shape index (κ3) is 4.73. The predicted molar refractivity (Wildman–Crippen MR) is 80.8 cm³/mol. The van der Waals surface area contributed by atoms with Crippen molar-refractivity contribution in [3.63, 3.8) is 0 Å². The maximum absolute atomic E-state index is 12.8. The zero-order chi connectivity index (χ0) is 18.9. The van der Waals surface area contributed by atoms with Crippen LogP contribution in [-0.2, 0) is 6.54 Å². The van der Waals surface area contributed by atoms with Crippen LogP contribution in [0.25, 0.3) is 0 Å². The van der Waals surface area contributed by atoms with Crippen LogP contribution < -0.4 is 15.4 Å². The number of alkyl halides is 5. The van der Waals surface area contributed by atoms with Gasteiger partial charge in [-0.15, -0.1) is 0 Å². The Hall–Kier alpha value is -2.13. The summed E-state index contributed by atoms with van der Waals surface area (Å²) in [6.07, 6.45) is -4.29. The van der Waals surface area contributed by atoms with Gasteiger partial charge in [0.25, 0.3) is 5.92 Å². The highest BCUT2D eigenvalue weighted by Crippen LogP contribution is 2.41. The number of nitrogens with zero attached hydrogens (tertiary/aromatic N) is 1. The van der Waals surface area contributed by atoms with Gasteiger partial charge >= 0.3 is 12.2 Å². The minimum atomic E-state index is -4.22. The summed E-state index contributed by atoms with van der Waals surface area (Å²) in [7, 11) is 0. The normalized spacial score (nSPS) is 25.0. The molecular formula is C16H18F5N3O2. The first kappa shape index (κ1) is 18.7. The van der Waals surface area contributed by atoms with Crippen LogP contribution in [-0.4, -0.2) is 35.3 Å². The average Bonchev–Trinajstić information content (AvgIpc) is 2.46. The van der Waals surface area contributed by atoms with E-state index in [2.05, 4.69) is 15.6 Å². The van der Waals surface area contributed by atoms with Crippen molar-refractivity contribution in [1.82, 2.24) is 15.6 Å². The Morgan fingerprint density at radius 3 is 2.62 bits per heavy atom. The Bertz CT molecular complexity index is 654. The number of carbonyl (C=O) groups excluding carboxylic acids is 1. The third-order valence-electron chi connectivity index (χ3n) is 4.53. The molecule has 5 nitrogen and oxygen atoms in total. The summed E-state index contributed by atoms with van der Waals surface area (Å²) in [6, 6.07) is 2.09. The van der Waals surface area contributed by atoms with Gasteiger partial charge in [0.05, 0.1) is 5.92 Å². The van der Waals surface area contributed by atoms with Crippen molar-refractivity contribution in [2.75, 3.05) is 0 Å². The van der Waals surface area contributed by atoms with Crippen LogP contribution in [0, 0.1) is 5.92 Å². The van der Waals surface area contributed by atoms with E-state index < -0.39 is 36.2 Å². The van der Waals surface area contributed by atoms with E-state index in [4.69, 9.17) is 4.74 Å². The Morgan fingerprint density at radius 1 is 1.31 bits per heavy atom. The number of urea groups is 1.